The SMILES string of the molecule is COOC1CCC(NC2CCCCC2)CC1. The molecule has 0 radical (unpaired) electrons. The monoisotopic (exact) mass is 227 g/mol. The zero-order valence-corrected chi connectivity index (χ0v) is 10.4. The molecule has 0 amide bonds. The minimum absolute atomic E-state index is 0.328. The topological polar surface area (TPSA) is 30.5 Å². The van der Waals surface area contributed by atoms with E-state index >= 15 is 0 Å². The summed E-state index contributed by atoms with van der Waals surface area (Å²) in [6, 6.07) is 1.51. The van der Waals surface area contributed by atoms with Crippen molar-refractivity contribution in [2.45, 2.75) is 76.0 Å². The molecular weight excluding hydrogens is 202 g/mol. The Morgan fingerprint density at radius 2 is 1.44 bits per heavy atom. The van der Waals surface area contributed by atoms with Gasteiger partial charge in [-0.15, -0.1) is 0 Å². The molecule has 2 saturated carbocycles. The van der Waals surface area contributed by atoms with E-state index in [9.17, 15) is 0 Å². The average Bonchev–Trinajstić information content (AvgIpc) is 2.33. The van der Waals surface area contributed by atoms with Crippen molar-refractivity contribution >= 4 is 0 Å². The molecule has 0 spiro atoms. The van der Waals surface area contributed by atoms with Gasteiger partial charge in [0.1, 0.15) is 0 Å². The molecule has 2 aliphatic rings. The van der Waals surface area contributed by atoms with Gasteiger partial charge >= 0.3 is 0 Å². The summed E-state index contributed by atoms with van der Waals surface area (Å²) in [5.74, 6) is 0. The van der Waals surface area contributed by atoms with Crippen LogP contribution in [-0.2, 0) is 9.78 Å². The largest absolute Gasteiger partial charge is 0.311 e. The molecule has 0 atom stereocenters. The van der Waals surface area contributed by atoms with Crippen molar-refractivity contribution in [2.75, 3.05) is 7.11 Å². The van der Waals surface area contributed by atoms with Crippen LogP contribution in [0, 0.1) is 0 Å². The molecule has 0 aliphatic heterocycles. The maximum atomic E-state index is 5.19. The van der Waals surface area contributed by atoms with Crippen molar-refractivity contribution in [1.82, 2.24) is 5.32 Å². The summed E-state index contributed by atoms with van der Waals surface area (Å²) < 4.78 is 0. The van der Waals surface area contributed by atoms with Crippen molar-refractivity contribution in [3.05, 3.63) is 0 Å². The zero-order chi connectivity index (χ0) is 11.2. The Morgan fingerprint density at radius 1 is 0.812 bits per heavy atom. The minimum Gasteiger partial charge on any atom is -0.311 e. The van der Waals surface area contributed by atoms with Crippen LogP contribution >= 0.6 is 0 Å². The van der Waals surface area contributed by atoms with Crippen LogP contribution in [0.4, 0.5) is 0 Å². The van der Waals surface area contributed by atoms with Crippen LogP contribution in [-0.4, -0.2) is 25.3 Å². The summed E-state index contributed by atoms with van der Waals surface area (Å²) in [5.41, 5.74) is 0. The molecule has 2 aliphatic carbocycles. The summed E-state index contributed by atoms with van der Waals surface area (Å²) >= 11 is 0. The second kappa shape index (κ2) is 6.58. The third-order valence-electron chi connectivity index (χ3n) is 3.98. The standard InChI is InChI=1S/C13H25NO2/c1-15-16-13-9-7-12(8-10-13)14-11-5-3-2-4-6-11/h11-14H,2-10H2,1H3. The van der Waals surface area contributed by atoms with Gasteiger partial charge in [-0.25, -0.2) is 9.78 Å². The molecule has 3 nitrogen and oxygen atoms in total. The average molecular weight is 227 g/mol. The second-order valence-electron chi connectivity index (χ2n) is 5.24. The van der Waals surface area contributed by atoms with Gasteiger partial charge < -0.3 is 5.32 Å². The molecule has 0 bridgehead atoms. The number of rotatable bonds is 4. The lowest BCUT2D eigenvalue weighted by Gasteiger charge is -2.32. The van der Waals surface area contributed by atoms with E-state index in [0.717, 1.165) is 24.9 Å². The number of hydrogen-bond acceptors (Lipinski definition) is 3. The zero-order valence-electron chi connectivity index (χ0n) is 10.4. The predicted molar refractivity (Wildman–Crippen MR) is 64.1 cm³/mol. The Balaban J connectivity index is 1.64. The molecule has 0 aromatic heterocycles. The number of nitrogens with one attached hydrogen (secondary N) is 1. The van der Waals surface area contributed by atoms with Gasteiger partial charge in [0.15, 0.2) is 0 Å². The third kappa shape index (κ3) is 3.72. The van der Waals surface area contributed by atoms with E-state index in [1.165, 1.54) is 44.9 Å². The van der Waals surface area contributed by atoms with Crippen molar-refractivity contribution in [1.29, 1.82) is 0 Å². The quantitative estimate of drug-likeness (QED) is 0.592. The van der Waals surface area contributed by atoms with Crippen molar-refractivity contribution in [2.24, 2.45) is 0 Å². The molecule has 0 aromatic rings. The van der Waals surface area contributed by atoms with Crippen LogP contribution in [0.2, 0.25) is 0 Å². The summed E-state index contributed by atoms with van der Waals surface area (Å²) in [5, 5.41) is 3.82. The molecule has 0 heterocycles. The van der Waals surface area contributed by atoms with E-state index in [1.54, 1.807) is 7.11 Å². The van der Waals surface area contributed by atoms with Gasteiger partial charge in [-0.1, -0.05) is 19.3 Å². The Hall–Kier alpha value is -0.120. The molecule has 94 valence electrons. The highest BCUT2D eigenvalue weighted by Crippen LogP contribution is 2.24. The first kappa shape index (κ1) is 12.3. The Kier molecular flexibility index (Phi) is 5.07. The van der Waals surface area contributed by atoms with E-state index in [-0.39, 0.29) is 0 Å². The first-order valence-corrected chi connectivity index (χ1v) is 6.84. The Bertz CT molecular complexity index is 184. The maximum absolute atomic E-state index is 5.19. The van der Waals surface area contributed by atoms with Crippen LogP contribution in [0.5, 0.6) is 0 Å². The molecule has 2 rings (SSSR count). The summed E-state index contributed by atoms with van der Waals surface area (Å²) in [7, 11) is 1.60. The van der Waals surface area contributed by atoms with Crippen molar-refractivity contribution in [3.8, 4) is 0 Å². The fourth-order valence-corrected chi connectivity index (χ4v) is 3.06. The third-order valence-corrected chi connectivity index (χ3v) is 3.98. The summed E-state index contributed by atoms with van der Waals surface area (Å²) in [6.45, 7) is 0. The van der Waals surface area contributed by atoms with Gasteiger partial charge in [-0.3, -0.25) is 0 Å². The first-order valence-electron chi connectivity index (χ1n) is 6.84. The smallest absolute Gasteiger partial charge is 0.0931 e. The minimum atomic E-state index is 0.328. The normalized spacial score (nSPS) is 32.8. The molecule has 0 aromatic carbocycles. The molecule has 3 heteroatoms. The lowest BCUT2D eigenvalue weighted by atomic mass is 9.90. The van der Waals surface area contributed by atoms with Crippen LogP contribution < -0.4 is 5.32 Å². The first-order chi connectivity index (χ1) is 7.88. The highest BCUT2D eigenvalue weighted by molar-refractivity contribution is 4.82. The lowest BCUT2D eigenvalue weighted by Crippen LogP contribution is -2.42. The Labute approximate surface area is 98.8 Å². The van der Waals surface area contributed by atoms with Gasteiger partial charge in [0.25, 0.3) is 0 Å². The van der Waals surface area contributed by atoms with Crippen molar-refractivity contribution < 1.29 is 9.78 Å². The van der Waals surface area contributed by atoms with Gasteiger partial charge in [0.05, 0.1) is 13.2 Å². The van der Waals surface area contributed by atoms with Crippen LogP contribution in [0.3, 0.4) is 0 Å². The highest BCUT2D eigenvalue weighted by atomic mass is 17.2. The van der Waals surface area contributed by atoms with Crippen LogP contribution in [0.25, 0.3) is 0 Å². The van der Waals surface area contributed by atoms with Gasteiger partial charge in [-0.05, 0) is 38.5 Å². The highest BCUT2D eigenvalue weighted by Gasteiger charge is 2.24. The fourth-order valence-electron chi connectivity index (χ4n) is 3.06. The fraction of sp³-hybridized carbons (Fsp3) is 1.00. The molecular formula is C13H25NO2. The predicted octanol–water partition coefficient (Wildman–Crippen LogP) is 2.80. The molecule has 1 N–H and O–H groups in total. The van der Waals surface area contributed by atoms with Gasteiger partial charge in [0.2, 0.25) is 0 Å². The van der Waals surface area contributed by atoms with Gasteiger partial charge in [0, 0.05) is 12.1 Å². The lowest BCUT2D eigenvalue weighted by molar-refractivity contribution is -0.309. The number of hydrogen-bond donors (Lipinski definition) is 1. The van der Waals surface area contributed by atoms with E-state index in [4.69, 9.17) is 9.78 Å². The van der Waals surface area contributed by atoms with Gasteiger partial charge in [-0.2, -0.15) is 0 Å². The summed E-state index contributed by atoms with van der Waals surface area (Å²) in [4.78, 5) is 9.94. The van der Waals surface area contributed by atoms with Crippen LogP contribution in [0.15, 0.2) is 0 Å². The van der Waals surface area contributed by atoms with Crippen LogP contribution in [0.1, 0.15) is 57.8 Å². The van der Waals surface area contributed by atoms with E-state index in [1.807, 2.05) is 0 Å². The van der Waals surface area contributed by atoms with Crippen molar-refractivity contribution in [3.63, 3.8) is 0 Å². The molecule has 2 fully saturated rings. The van der Waals surface area contributed by atoms with E-state index in [2.05, 4.69) is 5.32 Å². The molecule has 0 unspecified atom stereocenters. The van der Waals surface area contributed by atoms with E-state index in [0.29, 0.717) is 6.10 Å². The Morgan fingerprint density at radius 3 is 2.06 bits per heavy atom. The molecule has 16 heavy (non-hydrogen) atoms. The molecule has 0 saturated heterocycles. The second-order valence-corrected chi connectivity index (χ2v) is 5.24. The maximum Gasteiger partial charge on any atom is 0.0931 e. The van der Waals surface area contributed by atoms with E-state index < -0.39 is 0 Å². The summed E-state index contributed by atoms with van der Waals surface area (Å²) in [6.07, 6.45) is 12.1.